The van der Waals surface area contributed by atoms with Gasteiger partial charge < -0.3 is 10.6 Å². The SMILES string of the molecule is CC(=O)NC[C@H](C)CNc1ccnc(-c2ccc(C)c(F)c2)c1. The topological polar surface area (TPSA) is 54.0 Å². The molecule has 2 N–H and O–H groups in total. The number of hydrogen-bond donors (Lipinski definition) is 2. The number of carbonyl (C=O) groups is 1. The molecule has 1 atom stereocenters. The minimum absolute atomic E-state index is 0.0237. The molecule has 2 aromatic rings. The molecule has 1 aromatic heterocycles. The van der Waals surface area contributed by atoms with Crippen molar-refractivity contribution in [3.8, 4) is 11.3 Å². The number of nitrogens with zero attached hydrogens (tertiary/aromatic N) is 1. The highest BCUT2D eigenvalue weighted by Crippen LogP contribution is 2.22. The van der Waals surface area contributed by atoms with Crippen LogP contribution in [0.25, 0.3) is 11.3 Å². The molecule has 0 saturated carbocycles. The molecule has 0 spiro atoms. The highest BCUT2D eigenvalue weighted by atomic mass is 19.1. The fourth-order valence-corrected chi connectivity index (χ4v) is 2.13. The third kappa shape index (κ3) is 5.06. The van der Waals surface area contributed by atoms with Crippen LogP contribution in [-0.2, 0) is 4.79 Å². The van der Waals surface area contributed by atoms with Crippen molar-refractivity contribution in [3.05, 3.63) is 47.9 Å². The maximum atomic E-state index is 13.7. The number of benzene rings is 1. The van der Waals surface area contributed by atoms with E-state index in [1.807, 2.05) is 18.2 Å². The van der Waals surface area contributed by atoms with Gasteiger partial charge in [-0.2, -0.15) is 0 Å². The first-order valence-electron chi connectivity index (χ1n) is 7.66. The van der Waals surface area contributed by atoms with Gasteiger partial charge in [-0.05, 0) is 36.6 Å². The van der Waals surface area contributed by atoms with Gasteiger partial charge in [0.2, 0.25) is 5.91 Å². The van der Waals surface area contributed by atoms with Crippen LogP contribution in [0.2, 0.25) is 0 Å². The van der Waals surface area contributed by atoms with Crippen LogP contribution in [0.4, 0.5) is 10.1 Å². The average molecular weight is 315 g/mol. The molecule has 1 heterocycles. The lowest BCUT2D eigenvalue weighted by Gasteiger charge is -2.14. The van der Waals surface area contributed by atoms with Crippen LogP contribution in [0.5, 0.6) is 0 Å². The standard InChI is InChI=1S/C18H22FN3O/c1-12(10-21-14(3)23)11-22-16-6-7-20-18(9-16)15-5-4-13(2)17(19)8-15/h4-9,12H,10-11H2,1-3H3,(H,20,22)(H,21,23)/t12-/m0/s1. The molecule has 1 aromatic carbocycles. The third-order valence-corrected chi connectivity index (χ3v) is 3.58. The van der Waals surface area contributed by atoms with Crippen molar-refractivity contribution in [2.24, 2.45) is 5.92 Å². The Morgan fingerprint density at radius 2 is 2.04 bits per heavy atom. The van der Waals surface area contributed by atoms with E-state index >= 15 is 0 Å². The summed E-state index contributed by atoms with van der Waals surface area (Å²) in [6.07, 6.45) is 1.70. The summed E-state index contributed by atoms with van der Waals surface area (Å²) in [6.45, 7) is 6.66. The van der Waals surface area contributed by atoms with Crippen molar-refractivity contribution in [3.63, 3.8) is 0 Å². The van der Waals surface area contributed by atoms with Crippen LogP contribution in [0, 0.1) is 18.7 Å². The Morgan fingerprint density at radius 1 is 1.26 bits per heavy atom. The number of rotatable bonds is 6. The monoisotopic (exact) mass is 315 g/mol. The van der Waals surface area contributed by atoms with Gasteiger partial charge in [-0.25, -0.2) is 4.39 Å². The molecule has 0 aliphatic heterocycles. The zero-order valence-corrected chi connectivity index (χ0v) is 13.7. The van der Waals surface area contributed by atoms with Crippen molar-refractivity contribution in [1.29, 1.82) is 0 Å². The lowest BCUT2D eigenvalue weighted by atomic mass is 10.1. The minimum atomic E-state index is -0.230. The summed E-state index contributed by atoms with van der Waals surface area (Å²) in [5.41, 5.74) is 3.02. The second-order valence-electron chi connectivity index (χ2n) is 5.82. The molecule has 1 amide bonds. The molecule has 0 fully saturated rings. The molecule has 0 saturated heterocycles. The van der Waals surface area contributed by atoms with Gasteiger partial charge in [0.05, 0.1) is 5.69 Å². The van der Waals surface area contributed by atoms with Crippen molar-refractivity contribution >= 4 is 11.6 Å². The molecule has 0 bridgehead atoms. The number of anilines is 1. The molecule has 5 heteroatoms. The smallest absolute Gasteiger partial charge is 0.216 e. The van der Waals surface area contributed by atoms with Crippen LogP contribution < -0.4 is 10.6 Å². The first kappa shape index (κ1) is 16.9. The van der Waals surface area contributed by atoms with Crippen molar-refractivity contribution < 1.29 is 9.18 Å². The Morgan fingerprint density at radius 3 is 2.74 bits per heavy atom. The van der Waals surface area contributed by atoms with Crippen molar-refractivity contribution in [1.82, 2.24) is 10.3 Å². The molecule has 0 radical (unpaired) electrons. The molecule has 0 unspecified atom stereocenters. The van der Waals surface area contributed by atoms with Gasteiger partial charge in [0, 0.05) is 37.5 Å². The molecule has 2 rings (SSSR count). The van der Waals surface area contributed by atoms with E-state index in [0.29, 0.717) is 18.0 Å². The summed E-state index contributed by atoms with van der Waals surface area (Å²) >= 11 is 0. The number of hydrogen-bond acceptors (Lipinski definition) is 3. The number of carbonyl (C=O) groups excluding carboxylic acids is 1. The van der Waals surface area contributed by atoms with E-state index < -0.39 is 0 Å². The average Bonchev–Trinajstić information content (AvgIpc) is 2.54. The van der Waals surface area contributed by atoms with Gasteiger partial charge in [0.15, 0.2) is 0 Å². The number of aryl methyl sites for hydroxylation is 1. The first-order chi connectivity index (χ1) is 11.0. The van der Waals surface area contributed by atoms with Gasteiger partial charge >= 0.3 is 0 Å². The Balaban J connectivity index is 2.02. The zero-order valence-electron chi connectivity index (χ0n) is 13.7. The maximum absolute atomic E-state index is 13.7. The fourth-order valence-electron chi connectivity index (χ4n) is 2.13. The lowest BCUT2D eigenvalue weighted by molar-refractivity contribution is -0.119. The Bertz CT molecular complexity index is 688. The van der Waals surface area contributed by atoms with Crippen LogP contribution in [-0.4, -0.2) is 24.0 Å². The van der Waals surface area contributed by atoms with E-state index in [9.17, 15) is 9.18 Å². The van der Waals surface area contributed by atoms with Crippen LogP contribution >= 0.6 is 0 Å². The predicted molar refractivity (Wildman–Crippen MR) is 90.7 cm³/mol. The second kappa shape index (κ2) is 7.72. The minimum Gasteiger partial charge on any atom is -0.385 e. The Labute approximate surface area is 136 Å². The van der Waals surface area contributed by atoms with E-state index in [1.165, 1.54) is 13.0 Å². The molecular weight excluding hydrogens is 293 g/mol. The van der Waals surface area contributed by atoms with E-state index in [2.05, 4.69) is 22.5 Å². The van der Waals surface area contributed by atoms with Gasteiger partial charge in [-0.1, -0.05) is 19.1 Å². The Kier molecular flexibility index (Phi) is 5.68. The summed E-state index contributed by atoms with van der Waals surface area (Å²) in [6, 6.07) is 8.89. The molecule has 0 aliphatic carbocycles. The van der Waals surface area contributed by atoms with Crippen LogP contribution in [0.15, 0.2) is 36.5 Å². The number of amides is 1. The molecule has 0 aliphatic rings. The maximum Gasteiger partial charge on any atom is 0.216 e. The quantitative estimate of drug-likeness (QED) is 0.859. The number of pyridine rings is 1. The lowest BCUT2D eigenvalue weighted by Crippen LogP contribution is -2.29. The number of halogens is 1. The first-order valence-corrected chi connectivity index (χ1v) is 7.66. The van der Waals surface area contributed by atoms with E-state index in [1.54, 1.807) is 19.2 Å². The summed E-state index contributed by atoms with van der Waals surface area (Å²) < 4.78 is 13.7. The molecule has 23 heavy (non-hydrogen) atoms. The van der Waals surface area contributed by atoms with Gasteiger partial charge in [-0.3, -0.25) is 9.78 Å². The fraction of sp³-hybridized carbons (Fsp3) is 0.333. The largest absolute Gasteiger partial charge is 0.385 e. The van der Waals surface area contributed by atoms with E-state index in [-0.39, 0.29) is 11.7 Å². The highest BCUT2D eigenvalue weighted by molar-refractivity contribution is 5.72. The molecular formula is C18H22FN3O. The zero-order chi connectivity index (χ0) is 16.8. The van der Waals surface area contributed by atoms with Crippen molar-refractivity contribution in [2.75, 3.05) is 18.4 Å². The van der Waals surface area contributed by atoms with Gasteiger partial charge in [0.25, 0.3) is 0 Å². The summed E-state index contributed by atoms with van der Waals surface area (Å²) in [4.78, 5) is 15.2. The van der Waals surface area contributed by atoms with Gasteiger partial charge in [-0.15, -0.1) is 0 Å². The number of aromatic nitrogens is 1. The normalized spacial score (nSPS) is 11.8. The van der Waals surface area contributed by atoms with Crippen LogP contribution in [0.3, 0.4) is 0 Å². The summed E-state index contributed by atoms with van der Waals surface area (Å²) in [7, 11) is 0. The third-order valence-electron chi connectivity index (χ3n) is 3.58. The van der Waals surface area contributed by atoms with Crippen molar-refractivity contribution in [2.45, 2.75) is 20.8 Å². The van der Waals surface area contributed by atoms with Crippen LogP contribution in [0.1, 0.15) is 19.4 Å². The number of nitrogens with one attached hydrogen (secondary N) is 2. The summed E-state index contributed by atoms with van der Waals surface area (Å²) in [5, 5.41) is 6.12. The van der Waals surface area contributed by atoms with E-state index in [0.717, 1.165) is 23.5 Å². The predicted octanol–water partition coefficient (Wildman–Crippen LogP) is 3.38. The molecule has 122 valence electrons. The second-order valence-corrected chi connectivity index (χ2v) is 5.82. The Hall–Kier alpha value is -2.43. The summed E-state index contributed by atoms with van der Waals surface area (Å²) in [5.74, 6) is 0.0448. The highest BCUT2D eigenvalue weighted by Gasteiger charge is 2.06. The molecule has 4 nitrogen and oxygen atoms in total. The van der Waals surface area contributed by atoms with E-state index in [4.69, 9.17) is 0 Å². The van der Waals surface area contributed by atoms with Gasteiger partial charge in [0.1, 0.15) is 5.82 Å².